The van der Waals surface area contributed by atoms with Crippen LogP contribution in [0.5, 0.6) is 5.75 Å². The van der Waals surface area contributed by atoms with Crippen molar-refractivity contribution in [3.63, 3.8) is 0 Å². The molecular formula is C20H22ClN3O3. The minimum atomic E-state index is -0.289. The minimum Gasteiger partial charge on any atom is -0.485 e. The van der Waals surface area contributed by atoms with E-state index in [-0.39, 0.29) is 24.3 Å². The lowest BCUT2D eigenvalue weighted by Gasteiger charge is -2.10. The monoisotopic (exact) mass is 387 g/mol. The molecule has 0 bridgehead atoms. The lowest BCUT2D eigenvalue weighted by atomic mass is 10.2. The van der Waals surface area contributed by atoms with Crippen molar-refractivity contribution in [1.29, 1.82) is 0 Å². The van der Waals surface area contributed by atoms with Crippen LogP contribution in [0.1, 0.15) is 47.5 Å². The molecule has 1 aromatic carbocycles. The number of carbonyl (C=O) groups excluding carboxylic acids is 1. The number of aryl methyl sites for hydroxylation is 2. The van der Waals surface area contributed by atoms with E-state index in [1.165, 1.54) is 0 Å². The number of carbonyl (C=O) groups is 1. The molecule has 1 atom stereocenters. The van der Waals surface area contributed by atoms with Crippen LogP contribution < -0.4 is 10.1 Å². The number of nitrogens with zero attached hydrogens (tertiary/aromatic N) is 2. The van der Waals surface area contributed by atoms with E-state index >= 15 is 0 Å². The van der Waals surface area contributed by atoms with Gasteiger partial charge >= 0.3 is 0 Å². The number of halogens is 1. The zero-order chi connectivity index (χ0) is 19.4. The number of hydrogen-bond acceptors (Lipinski definition) is 4. The number of ether oxygens (including phenoxy) is 1. The summed E-state index contributed by atoms with van der Waals surface area (Å²) in [4.78, 5) is 12.4. The summed E-state index contributed by atoms with van der Waals surface area (Å²) in [5.74, 6) is 1.24. The first-order valence-corrected chi connectivity index (χ1v) is 9.16. The molecule has 2 aromatic heterocycles. The molecular weight excluding hydrogens is 366 g/mol. The highest BCUT2D eigenvalue weighted by atomic mass is 35.5. The molecule has 0 saturated carbocycles. The van der Waals surface area contributed by atoms with Crippen LogP contribution in [-0.4, -0.2) is 15.7 Å². The molecule has 27 heavy (non-hydrogen) atoms. The van der Waals surface area contributed by atoms with Crippen molar-refractivity contribution < 1.29 is 13.9 Å². The molecule has 0 saturated heterocycles. The molecule has 1 amide bonds. The third kappa shape index (κ3) is 4.71. The summed E-state index contributed by atoms with van der Waals surface area (Å²) in [5, 5.41) is 7.95. The van der Waals surface area contributed by atoms with Crippen LogP contribution in [0.3, 0.4) is 0 Å². The van der Waals surface area contributed by atoms with Gasteiger partial charge in [-0.15, -0.1) is 0 Å². The predicted molar refractivity (Wildman–Crippen MR) is 103 cm³/mol. The Bertz CT molecular complexity index is 932. The maximum atomic E-state index is 12.4. The lowest BCUT2D eigenvalue weighted by molar-refractivity contribution is 0.0907. The molecule has 0 aliphatic carbocycles. The highest BCUT2D eigenvalue weighted by molar-refractivity contribution is 6.30. The molecule has 1 N–H and O–H groups in total. The van der Waals surface area contributed by atoms with Gasteiger partial charge in [0.1, 0.15) is 18.1 Å². The molecule has 7 heteroatoms. The molecule has 2 heterocycles. The van der Waals surface area contributed by atoms with Crippen LogP contribution in [-0.2, 0) is 13.2 Å². The smallest absolute Gasteiger partial charge is 0.287 e. The Hall–Kier alpha value is -2.73. The standard InChI is InChI=1S/C20H22ClN3O3/c1-4-24-10-9-17(23-24)14(3)22-20(25)19-8-6-16(27-19)12-26-18-7-5-15(21)11-13(18)2/h5-11,14H,4,12H2,1-3H3,(H,22,25). The molecule has 6 nitrogen and oxygen atoms in total. The van der Waals surface area contributed by atoms with Crippen LogP contribution in [0.4, 0.5) is 0 Å². The number of rotatable bonds is 7. The Balaban J connectivity index is 1.58. The first kappa shape index (κ1) is 19.0. The molecule has 142 valence electrons. The van der Waals surface area contributed by atoms with Crippen LogP contribution in [0.25, 0.3) is 0 Å². The maximum Gasteiger partial charge on any atom is 0.287 e. The van der Waals surface area contributed by atoms with E-state index in [0.717, 1.165) is 23.6 Å². The fourth-order valence-electron chi connectivity index (χ4n) is 2.63. The summed E-state index contributed by atoms with van der Waals surface area (Å²) in [6, 6.07) is 10.5. The SMILES string of the molecule is CCn1ccc(C(C)NC(=O)c2ccc(COc3ccc(Cl)cc3C)o2)n1. The second-order valence-electron chi connectivity index (χ2n) is 6.26. The van der Waals surface area contributed by atoms with Crippen molar-refractivity contribution in [2.45, 2.75) is 40.0 Å². The second kappa shape index (κ2) is 8.31. The van der Waals surface area contributed by atoms with Crippen LogP contribution in [0.15, 0.2) is 47.0 Å². The highest BCUT2D eigenvalue weighted by Gasteiger charge is 2.17. The summed E-state index contributed by atoms with van der Waals surface area (Å²) in [6.07, 6.45) is 1.89. The number of benzene rings is 1. The molecule has 0 radical (unpaired) electrons. The zero-order valence-electron chi connectivity index (χ0n) is 15.5. The van der Waals surface area contributed by atoms with Gasteiger partial charge in [-0.25, -0.2) is 0 Å². The Morgan fingerprint density at radius 1 is 1.33 bits per heavy atom. The van der Waals surface area contributed by atoms with Gasteiger partial charge in [-0.3, -0.25) is 9.48 Å². The van der Waals surface area contributed by atoms with Crippen molar-refractivity contribution in [2.24, 2.45) is 0 Å². The number of hydrogen-bond donors (Lipinski definition) is 1. The third-order valence-electron chi connectivity index (χ3n) is 4.17. The van der Waals surface area contributed by atoms with Crippen LogP contribution >= 0.6 is 11.6 Å². The topological polar surface area (TPSA) is 69.3 Å². The van der Waals surface area contributed by atoms with Crippen molar-refractivity contribution in [3.05, 3.63) is 70.4 Å². The van der Waals surface area contributed by atoms with Gasteiger partial charge in [0.15, 0.2) is 5.76 Å². The first-order chi connectivity index (χ1) is 13.0. The first-order valence-electron chi connectivity index (χ1n) is 8.78. The minimum absolute atomic E-state index is 0.216. The van der Waals surface area contributed by atoms with E-state index in [1.54, 1.807) is 18.2 Å². The fourth-order valence-corrected chi connectivity index (χ4v) is 2.85. The summed E-state index contributed by atoms with van der Waals surface area (Å²) in [5.41, 5.74) is 1.74. The Labute approximate surface area is 163 Å². The summed E-state index contributed by atoms with van der Waals surface area (Å²) < 4.78 is 13.2. The Kier molecular flexibility index (Phi) is 5.86. The normalized spacial score (nSPS) is 12.0. The fraction of sp³-hybridized carbons (Fsp3) is 0.300. The van der Waals surface area contributed by atoms with Gasteiger partial charge in [0, 0.05) is 17.8 Å². The van der Waals surface area contributed by atoms with Gasteiger partial charge in [0.2, 0.25) is 0 Å². The van der Waals surface area contributed by atoms with Gasteiger partial charge in [0.25, 0.3) is 5.91 Å². The Morgan fingerprint density at radius 3 is 2.85 bits per heavy atom. The van der Waals surface area contributed by atoms with Crippen molar-refractivity contribution >= 4 is 17.5 Å². The van der Waals surface area contributed by atoms with Gasteiger partial charge in [0.05, 0.1) is 11.7 Å². The van der Waals surface area contributed by atoms with Gasteiger partial charge in [-0.05, 0) is 62.7 Å². The summed E-state index contributed by atoms with van der Waals surface area (Å²) in [6.45, 7) is 6.83. The number of nitrogens with one attached hydrogen (secondary N) is 1. The zero-order valence-corrected chi connectivity index (χ0v) is 16.3. The average molecular weight is 388 g/mol. The number of aromatic nitrogens is 2. The highest BCUT2D eigenvalue weighted by Crippen LogP contribution is 2.23. The molecule has 1 unspecified atom stereocenters. The van der Waals surface area contributed by atoms with E-state index in [1.807, 2.05) is 49.8 Å². The van der Waals surface area contributed by atoms with Crippen molar-refractivity contribution in [2.75, 3.05) is 0 Å². The van der Waals surface area contributed by atoms with E-state index in [4.69, 9.17) is 20.8 Å². The summed E-state index contributed by atoms with van der Waals surface area (Å²) >= 11 is 5.94. The van der Waals surface area contributed by atoms with Crippen LogP contribution in [0, 0.1) is 6.92 Å². The molecule has 3 aromatic rings. The van der Waals surface area contributed by atoms with Gasteiger partial charge in [-0.2, -0.15) is 5.10 Å². The average Bonchev–Trinajstić information content (AvgIpc) is 3.30. The maximum absolute atomic E-state index is 12.4. The van der Waals surface area contributed by atoms with Gasteiger partial charge in [-0.1, -0.05) is 11.6 Å². The van der Waals surface area contributed by atoms with Crippen molar-refractivity contribution in [3.8, 4) is 5.75 Å². The number of furan rings is 1. The lowest BCUT2D eigenvalue weighted by Crippen LogP contribution is -2.26. The number of amides is 1. The molecule has 0 aliphatic rings. The second-order valence-corrected chi connectivity index (χ2v) is 6.69. The molecule has 0 spiro atoms. The van der Waals surface area contributed by atoms with E-state index < -0.39 is 0 Å². The van der Waals surface area contributed by atoms with Gasteiger partial charge < -0.3 is 14.5 Å². The van der Waals surface area contributed by atoms with E-state index in [0.29, 0.717) is 10.8 Å². The molecule has 0 fully saturated rings. The van der Waals surface area contributed by atoms with E-state index in [9.17, 15) is 4.79 Å². The third-order valence-corrected chi connectivity index (χ3v) is 4.40. The van der Waals surface area contributed by atoms with Crippen LogP contribution in [0.2, 0.25) is 5.02 Å². The summed E-state index contributed by atoms with van der Waals surface area (Å²) in [7, 11) is 0. The predicted octanol–water partition coefficient (Wildman–Crippen LogP) is 4.53. The molecule has 3 rings (SSSR count). The Morgan fingerprint density at radius 2 is 2.15 bits per heavy atom. The quantitative estimate of drug-likeness (QED) is 0.646. The largest absolute Gasteiger partial charge is 0.485 e. The van der Waals surface area contributed by atoms with Crippen molar-refractivity contribution in [1.82, 2.24) is 15.1 Å². The van der Waals surface area contributed by atoms with E-state index in [2.05, 4.69) is 10.4 Å². The molecule has 0 aliphatic heterocycles.